The summed E-state index contributed by atoms with van der Waals surface area (Å²) in [6, 6.07) is 0. The van der Waals surface area contributed by atoms with E-state index in [0.29, 0.717) is 0 Å². The Labute approximate surface area is 101 Å². The van der Waals surface area contributed by atoms with Crippen molar-refractivity contribution >= 4 is 0 Å². The van der Waals surface area contributed by atoms with E-state index in [1.165, 1.54) is 25.9 Å². The second-order valence-corrected chi connectivity index (χ2v) is 5.87. The molecule has 1 aliphatic heterocycles. The van der Waals surface area contributed by atoms with Crippen molar-refractivity contribution < 1.29 is 4.74 Å². The molecule has 1 aliphatic rings. The third-order valence-electron chi connectivity index (χ3n) is 3.87. The molecule has 0 saturated carbocycles. The van der Waals surface area contributed by atoms with E-state index in [0.717, 1.165) is 36.9 Å². The Morgan fingerprint density at radius 3 is 2.12 bits per heavy atom. The first kappa shape index (κ1) is 14.0. The fourth-order valence-electron chi connectivity index (χ4n) is 2.65. The molecule has 1 saturated heterocycles. The Balaban J connectivity index is 2.16. The number of rotatable bonds is 6. The molecular formula is C14H29NO. The van der Waals surface area contributed by atoms with Gasteiger partial charge in [-0.05, 0) is 49.6 Å². The summed E-state index contributed by atoms with van der Waals surface area (Å²) >= 11 is 0. The molecule has 1 rings (SSSR count). The monoisotopic (exact) mass is 227 g/mol. The fraction of sp³-hybridized carbons (Fsp3) is 1.00. The molecule has 16 heavy (non-hydrogen) atoms. The molecule has 0 aliphatic carbocycles. The van der Waals surface area contributed by atoms with Gasteiger partial charge >= 0.3 is 0 Å². The zero-order chi connectivity index (χ0) is 12.0. The van der Waals surface area contributed by atoms with E-state index in [2.05, 4.69) is 33.0 Å². The molecule has 2 nitrogen and oxygen atoms in total. The van der Waals surface area contributed by atoms with Crippen molar-refractivity contribution in [3.05, 3.63) is 0 Å². The minimum absolute atomic E-state index is 0.780. The van der Waals surface area contributed by atoms with Crippen LogP contribution in [-0.2, 0) is 4.74 Å². The van der Waals surface area contributed by atoms with Gasteiger partial charge in [-0.2, -0.15) is 0 Å². The summed E-state index contributed by atoms with van der Waals surface area (Å²) in [4.78, 5) is 0. The van der Waals surface area contributed by atoms with Crippen molar-refractivity contribution in [1.29, 1.82) is 0 Å². The highest BCUT2D eigenvalue weighted by molar-refractivity contribution is 4.72. The van der Waals surface area contributed by atoms with Gasteiger partial charge in [0.05, 0.1) is 0 Å². The molecule has 1 heterocycles. The second kappa shape index (κ2) is 7.29. The van der Waals surface area contributed by atoms with Crippen molar-refractivity contribution in [2.24, 2.45) is 23.7 Å². The predicted octanol–water partition coefficient (Wildman–Crippen LogP) is 2.93. The molecule has 1 fully saturated rings. The van der Waals surface area contributed by atoms with Crippen LogP contribution in [0, 0.1) is 23.7 Å². The van der Waals surface area contributed by atoms with Crippen molar-refractivity contribution in [3.63, 3.8) is 0 Å². The third kappa shape index (κ3) is 4.84. The molecule has 0 aromatic rings. The van der Waals surface area contributed by atoms with E-state index in [1.54, 1.807) is 0 Å². The van der Waals surface area contributed by atoms with Gasteiger partial charge in [0, 0.05) is 13.2 Å². The fourth-order valence-corrected chi connectivity index (χ4v) is 2.65. The number of nitrogens with one attached hydrogen (secondary N) is 1. The molecule has 0 atom stereocenters. The highest BCUT2D eigenvalue weighted by atomic mass is 16.5. The number of hydrogen-bond acceptors (Lipinski definition) is 2. The van der Waals surface area contributed by atoms with Gasteiger partial charge in [-0.15, -0.1) is 0 Å². The zero-order valence-electron chi connectivity index (χ0n) is 11.5. The highest BCUT2D eigenvalue weighted by Crippen LogP contribution is 2.20. The van der Waals surface area contributed by atoms with Crippen LogP contribution in [0.2, 0.25) is 0 Å². The second-order valence-electron chi connectivity index (χ2n) is 5.87. The standard InChI is InChI=1S/C14H29NO/c1-11(2)14(12(3)4)10-15-9-13-5-7-16-8-6-13/h11-15H,5-10H2,1-4H3. The summed E-state index contributed by atoms with van der Waals surface area (Å²) in [5.41, 5.74) is 0. The minimum Gasteiger partial charge on any atom is -0.381 e. The predicted molar refractivity (Wildman–Crippen MR) is 69.6 cm³/mol. The summed E-state index contributed by atoms with van der Waals surface area (Å²) in [7, 11) is 0. The normalized spacial score (nSPS) is 18.9. The highest BCUT2D eigenvalue weighted by Gasteiger charge is 2.18. The van der Waals surface area contributed by atoms with Crippen LogP contribution in [0.15, 0.2) is 0 Å². The van der Waals surface area contributed by atoms with Crippen molar-refractivity contribution in [1.82, 2.24) is 5.32 Å². The lowest BCUT2D eigenvalue weighted by Crippen LogP contribution is -2.34. The maximum atomic E-state index is 5.38. The van der Waals surface area contributed by atoms with Gasteiger partial charge in [-0.3, -0.25) is 0 Å². The molecule has 0 bridgehead atoms. The van der Waals surface area contributed by atoms with Crippen LogP contribution in [-0.4, -0.2) is 26.3 Å². The topological polar surface area (TPSA) is 21.3 Å². The van der Waals surface area contributed by atoms with Gasteiger partial charge < -0.3 is 10.1 Å². The molecule has 0 unspecified atom stereocenters. The SMILES string of the molecule is CC(C)C(CNCC1CCOCC1)C(C)C. The summed E-state index contributed by atoms with van der Waals surface area (Å²) < 4.78 is 5.38. The van der Waals surface area contributed by atoms with Crippen LogP contribution < -0.4 is 5.32 Å². The number of hydrogen-bond donors (Lipinski definition) is 1. The average molecular weight is 227 g/mol. The maximum Gasteiger partial charge on any atom is 0.0469 e. The minimum atomic E-state index is 0.780. The summed E-state index contributed by atoms with van der Waals surface area (Å²) in [5.74, 6) is 3.21. The van der Waals surface area contributed by atoms with Crippen LogP contribution in [0.3, 0.4) is 0 Å². The first-order valence-electron chi connectivity index (χ1n) is 6.89. The lowest BCUT2D eigenvalue weighted by Gasteiger charge is -2.27. The van der Waals surface area contributed by atoms with Gasteiger partial charge in [0.1, 0.15) is 0 Å². The molecular weight excluding hydrogens is 198 g/mol. The van der Waals surface area contributed by atoms with E-state index in [4.69, 9.17) is 4.74 Å². The zero-order valence-corrected chi connectivity index (χ0v) is 11.5. The first-order chi connectivity index (χ1) is 7.61. The Kier molecular flexibility index (Phi) is 6.37. The Bertz CT molecular complexity index is 166. The Morgan fingerprint density at radius 1 is 1.06 bits per heavy atom. The van der Waals surface area contributed by atoms with E-state index in [9.17, 15) is 0 Å². The van der Waals surface area contributed by atoms with E-state index in [-0.39, 0.29) is 0 Å². The quantitative estimate of drug-likeness (QED) is 0.753. The van der Waals surface area contributed by atoms with E-state index >= 15 is 0 Å². The molecule has 0 amide bonds. The molecule has 1 N–H and O–H groups in total. The van der Waals surface area contributed by atoms with Crippen LogP contribution in [0.4, 0.5) is 0 Å². The van der Waals surface area contributed by atoms with Gasteiger partial charge in [-0.1, -0.05) is 27.7 Å². The molecule has 96 valence electrons. The largest absolute Gasteiger partial charge is 0.381 e. The summed E-state index contributed by atoms with van der Waals surface area (Å²) in [6.07, 6.45) is 2.47. The lowest BCUT2D eigenvalue weighted by atomic mass is 9.85. The van der Waals surface area contributed by atoms with Crippen molar-refractivity contribution in [2.75, 3.05) is 26.3 Å². The lowest BCUT2D eigenvalue weighted by molar-refractivity contribution is 0.0656. The third-order valence-corrected chi connectivity index (χ3v) is 3.87. The van der Waals surface area contributed by atoms with E-state index < -0.39 is 0 Å². The maximum absolute atomic E-state index is 5.38. The van der Waals surface area contributed by atoms with Crippen LogP contribution in [0.5, 0.6) is 0 Å². The van der Waals surface area contributed by atoms with Crippen LogP contribution in [0.25, 0.3) is 0 Å². The Morgan fingerprint density at radius 2 is 1.62 bits per heavy atom. The van der Waals surface area contributed by atoms with Crippen molar-refractivity contribution in [3.8, 4) is 0 Å². The average Bonchev–Trinajstić information content (AvgIpc) is 2.24. The van der Waals surface area contributed by atoms with Crippen LogP contribution >= 0.6 is 0 Å². The summed E-state index contributed by atoms with van der Waals surface area (Å²) in [6.45, 7) is 13.6. The van der Waals surface area contributed by atoms with Gasteiger partial charge in [0.25, 0.3) is 0 Å². The van der Waals surface area contributed by atoms with Gasteiger partial charge in [0.2, 0.25) is 0 Å². The molecule has 0 aromatic heterocycles. The van der Waals surface area contributed by atoms with E-state index in [1.807, 2.05) is 0 Å². The molecule has 0 radical (unpaired) electrons. The van der Waals surface area contributed by atoms with Crippen LogP contribution in [0.1, 0.15) is 40.5 Å². The molecule has 0 aromatic carbocycles. The smallest absolute Gasteiger partial charge is 0.0469 e. The van der Waals surface area contributed by atoms with Gasteiger partial charge in [-0.25, -0.2) is 0 Å². The van der Waals surface area contributed by atoms with Crippen molar-refractivity contribution in [2.45, 2.75) is 40.5 Å². The Hall–Kier alpha value is -0.0800. The molecule has 2 heteroatoms. The van der Waals surface area contributed by atoms with Gasteiger partial charge in [0.15, 0.2) is 0 Å². The molecule has 0 spiro atoms. The number of ether oxygens (including phenoxy) is 1. The first-order valence-corrected chi connectivity index (χ1v) is 6.89. The summed E-state index contributed by atoms with van der Waals surface area (Å²) in [5, 5.41) is 3.66.